The molecule has 0 saturated carbocycles. The van der Waals surface area contributed by atoms with Crippen LogP contribution in [0.4, 0.5) is 10.1 Å². The molecular weight excluding hydrogens is 309 g/mol. The van der Waals surface area contributed by atoms with Crippen molar-refractivity contribution < 1.29 is 17.6 Å². The fraction of sp³-hybridized carbons (Fsp3) is 0.500. The first-order valence-electron chi connectivity index (χ1n) is 6.68. The summed E-state index contributed by atoms with van der Waals surface area (Å²) in [7, 11) is -2.01. The number of nitrogens with one attached hydrogen (secondary N) is 1. The number of carbonyl (C=O) groups is 1. The SMILES string of the molecule is CN(CC(C)(C)CN)C(=O)c1ccc(F)c(NS(C)(=O)=O)c1. The predicted molar refractivity (Wildman–Crippen MR) is 84.7 cm³/mol. The molecule has 0 spiro atoms. The van der Waals surface area contributed by atoms with Crippen molar-refractivity contribution in [3.8, 4) is 0 Å². The zero-order valence-electron chi connectivity index (χ0n) is 13.2. The maximum absolute atomic E-state index is 13.6. The first-order chi connectivity index (χ1) is 9.95. The van der Waals surface area contributed by atoms with Gasteiger partial charge in [0.1, 0.15) is 5.82 Å². The maximum Gasteiger partial charge on any atom is 0.253 e. The molecule has 6 nitrogen and oxygen atoms in total. The Bertz CT molecular complexity index is 659. The largest absolute Gasteiger partial charge is 0.341 e. The Morgan fingerprint density at radius 2 is 2.00 bits per heavy atom. The first kappa shape index (κ1) is 18.4. The Morgan fingerprint density at radius 3 is 2.50 bits per heavy atom. The van der Waals surface area contributed by atoms with E-state index >= 15 is 0 Å². The monoisotopic (exact) mass is 331 g/mol. The van der Waals surface area contributed by atoms with Gasteiger partial charge in [0.05, 0.1) is 11.9 Å². The average Bonchev–Trinajstić information content (AvgIpc) is 2.38. The second kappa shape index (κ2) is 6.62. The number of anilines is 1. The van der Waals surface area contributed by atoms with Gasteiger partial charge in [-0.15, -0.1) is 0 Å². The molecule has 1 aromatic carbocycles. The molecule has 1 aromatic rings. The van der Waals surface area contributed by atoms with Crippen molar-refractivity contribution in [2.45, 2.75) is 13.8 Å². The molecule has 0 saturated heterocycles. The van der Waals surface area contributed by atoms with E-state index in [1.807, 2.05) is 18.6 Å². The van der Waals surface area contributed by atoms with Crippen LogP contribution in [-0.2, 0) is 10.0 Å². The Labute approximate surface area is 130 Å². The highest BCUT2D eigenvalue weighted by atomic mass is 32.2. The topological polar surface area (TPSA) is 92.5 Å². The molecule has 0 aliphatic carbocycles. The van der Waals surface area contributed by atoms with Crippen LogP contribution in [0.25, 0.3) is 0 Å². The van der Waals surface area contributed by atoms with Crippen LogP contribution in [0, 0.1) is 11.2 Å². The summed E-state index contributed by atoms with van der Waals surface area (Å²) in [6, 6.07) is 3.56. The molecule has 0 aromatic heterocycles. The van der Waals surface area contributed by atoms with Gasteiger partial charge in [-0.1, -0.05) is 13.8 Å². The minimum Gasteiger partial charge on any atom is -0.341 e. The lowest BCUT2D eigenvalue weighted by Crippen LogP contribution is -2.39. The van der Waals surface area contributed by atoms with E-state index in [0.29, 0.717) is 13.1 Å². The summed E-state index contributed by atoms with van der Waals surface area (Å²) in [4.78, 5) is 13.8. The molecule has 0 aliphatic heterocycles. The number of nitrogens with two attached hydrogens (primary N) is 1. The van der Waals surface area contributed by atoms with E-state index in [-0.39, 0.29) is 22.6 Å². The van der Waals surface area contributed by atoms with E-state index in [1.54, 1.807) is 7.05 Å². The molecule has 0 heterocycles. The van der Waals surface area contributed by atoms with Crippen LogP contribution in [0.1, 0.15) is 24.2 Å². The minimum atomic E-state index is -3.63. The van der Waals surface area contributed by atoms with Crippen LogP contribution in [0.15, 0.2) is 18.2 Å². The second-order valence-electron chi connectivity index (χ2n) is 6.10. The second-order valence-corrected chi connectivity index (χ2v) is 7.85. The summed E-state index contributed by atoms with van der Waals surface area (Å²) in [6.07, 6.45) is 0.914. The highest BCUT2D eigenvalue weighted by molar-refractivity contribution is 7.92. The quantitative estimate of drug-likeness (QED) is 0.820. The molecular formula is C14H22FN3O3S. The van der Waals surface area contributed by atoms with Gasteiger partial charge in [-0.05, 0) is 30.2 Å². The van der Waals surface area contributed by atoms with Crippen LogP contribution in [0.5, 0.6) is 0 Å². The Balaban J connectivity index is 3.02. The molecule has 0 bridgehead atoms. The number of halogens is 1. The van der Waals surface area contributed by atoms with Crippen molar-refractivity contribution in [1.29, 1.82) is 0 Å². The third-order valence-electron chi connectivity index (χ3n) is 3.07. The van der Waals surface area contributed by atoms with Gasteiger partial charge in [0.15, 0.2) is 0 Å². The molecule has 8 heteroatoms. The predicted octanol–water partition coefficient (Wildman–Crippen LogP) is 1.25. The zero-order chi connectivity index (χ0) is 17.1. The van der Waals surface area contributed by atoms with Crippen LogP contribution in [-0.4, -0.2) is 45.6 Å². The van der Waals surface area contributed by atoms with Gasteiger partial charge in [0.2, 0.25) is 10.0 Å². The normalized spacial score (nSPS) is 12.1. The van der Waals surface area contributed by atoms with E-state index < -0.39 is 15.8 Å². The number of amides is 1. The lowest BCUT2D eigenvalue weighted by Gasteiger charge is -2.29. The molecule has 0 fully saturated rings. The van der Waals surface area contributed by atoms with Crippen molar-refractivity contribution in [3.63, 3.8) is 0 Å². The smallest absolute Gasteiger partial charge is 0.253 e. The van der Waals surface area contributed by atoms with E-state index in [0.717, 1.165) is 12.3 Å². The van der Waals surface area contributed by atoms with Crippen LogP contribution >= 0.6 is 0 Å². The molecule has 0 atom stereocenters. The van der Waals surface area contributed by atoms with E-state index in [2.05, 4.69) is 0 Å². The van der Waals surface area contributed by atoms with Crippen LogP contribution < -0.4 is 10.5 Å². The Morgan fingerprint density at radius 1 is 1.41 bits per heavy atom. The van der Waals surface area contributed by atoms with E-state index in [1.165, 1.54) is 17.0 Å². The Hall–Kier alpha value is -1.67. The molecule has 0 radical (unpaired) electrons. The third-order valence-corrected chi connectivity index (χ3v) is 3.66. The molecule has 1 amide bonds. The van der Waals surface area contributed by atoms with Crippen molar-refractivity contribution in [1.82, 2.24) is 4.90 Å². The number of sulfonamides is 1. The van der Waals surface area contributed by atoms with Crippen LogP contribution in [0.2, 0.25) is 0 Å². The fourth-order valence-corrected chi connectivity index (χ4v) is 2.49. The van der Waals surface area contributed by atoms with Gasteiger partial charge in [-0.25, -0.2) is 12.8 Å². The van der Waals surface area contributed by atoms with Gasteiger partial charge >= 0.3 is 0 Å². The van der Waals surface area contributed by atoms with Gasteiger partial charge in [-0.2, -0.15) is 0 Å². The lowest BCUT2D eigenvalue weighted by molar-refractivity contribution is 0.0740. The summed E-state index contributed by atoms with van der Waals surface area (Å²) in [5, 5.41) is 0. The summed E-state index contributed by atoms with van der Waals surface area (Å²) in [5.74, 6) is -1.08. The number of rotatable bonds is 6. The van der Waals surface area contributed by atoms with Crippen molar-refractivity contribution in [3.05, 3.63) is 29.6 Å². The van der Waals surface area contributed by atoms with E-state index in [4.69, 9.17) is 5.73 Å². The van der Waals surface area contributed by atoms with Gasteiger partial charge in [0, 0.05) is 19.2 Å². The van der Waals surface area contributed by atoms with Crippen LogP contribution in [0.3, 0.4) is 0 Å². The number of nitrogens with zero attached hydrogens (tertiary/aromatic N) is 1. The zero-order valence-corrected chi connectivity index (χ0v) is 14.0. The van der Waals surface area contributed by atoms with Gasteiger partial charge in [0.25, 0.3) is 5.91 Å². The summed E-state index contributed by atoms with van der Waals surface area (Å²) in [5.41, 5.74) is 5.34. The number of benzene rings is 1. The molecule has 0 aliphatic rings. The highest BCUT2D eigenvalue weighted by Gasteiger charge is 2.22. The molecule has 1 rings (SSSR count). The molecule has 124 valence electrons. The molecule has 0 unspecified atom stereocenters. The highest BCUT2D eigenvalue weighted by Crippen LogP contribution is 2.20. The van der Waals surface area contributed by atoms with E-state index in [9.17, 15) is 17.6 Å². The van der Waals surface area contributed by atoms with Crippen molar-refractivity contribution in [2.24, 2.45) is 11.1 Å². The van der Waals surface area contributed by atoms with Crippen molar-refractivity contribution >= 4 is 21.6 Å². The number of hydrogen-bond donors (Lipinski definition) is 2. The van der Waals surface area contributed by atoms with Gasteiger partial charge in [-0.3, -0.25) is 9.52 Å². The summed E-state index contributed by atoms with van der Waals surface area (Å²) >= 11 is 0. The maximum atomic E-state index is 13.6. The standard InChI is InChI=1S/C14H22FN3O3S/c1-14(2,8-16)9-18(3)13(19)10-5-6-11(15)12(7-10)17-22(4,20)21/h5-7,17H,8-9,16H2,1-4H3. The summed E-state index contributed by atoms with van der Waals surface area (Å²) in [6.45, 7) is 4.69. The minimum absolute atomic E-state index is 0.197. The number of hydrogen-bond acceptors (Lipinski definition) is 4. The first-order valence-corrected chi connectivity index (χ1v) is 8.57. The summed E-state index contributed by atoms with van der Waals surface area (Å²) < 4.78 is 38.1. The average molecular weight is 331 g/mol. The molecule has 3 N–H and O–H groups in total. The third kappa shape index (κ3) is 5.27. The Kier molecular flexibility index (Phi) is 5.53. The lowest BCUT2D eigenvalue weighted by atomic mass is 9.93. The number of carbonyl (C=O) groups excluding carboxylic acids is 1. The van der Waals surface area contributed by atoms with Crippen molar-refractivity contribution in [2.75, 3.05) is 31.1 Å². The van der Waals surface area contributed by atoms with Gasteiger partial charge < -0.3 is 10.6 Å². The molecule has 22 heavy (non-hydrogen) atoms. The fourth-order valence-electron chi connectivity index (χ4n) is 1.94.